The lowest BCUT2D eigenvalue weighted by atomic mass is 10.2. The standard InChI is InChI=1S/C12H16O5/c1-15-6-3-7-17-11-8-9(12(14)16-2)4-5-10(11)13/h4-5,8,13H,3,6-7H2,1-2H3. The predicted octanol–water partition coefficient (Wildman–Crippen LogP) is 1.59. The molecule has 0 aliphatic carbocycles. The summed E-state index contributed by atoms with van der Waals surface area (Å²) in [5, 5.41) is 9.54. The number of carbonyl (C=O) groups is 1. The maximum Gasteiger partial charge on any atom is 0.337 e. The first-order valence-corrected chi connectivity index (χ1v) is 5.22. The van der Waals surface area contributed by atoms with Crippen molar-refractivity contribution in [3.63, 3.8) is 0 Å². The molecular weight excluding hydrogens is 224 g/mol. The molecule has 0 atom stereocenters. The molecule has 0 unspecified atom stereocenters. The molecule has 5 heteroatoms. The molecule has 0 radical (unpaired) electrons. The molecule has 0 bridgehead atoms. The number of ether oxygens (including phenoxy) is 3. The highest BCUT2D eigenvalue weighted by molar-refractivity contribution is 5.90. The second-order valence-electron chi connectivity index (χ2n) is 3.37. The lowest BCUT2D eigenvalue weighted by Crippen LogP contribution is -2.04. The predicted molar refractivity (Wildman–Crippen MR) is 61.4 cm³/mol. The normalized spacial score (nSPS) is 10.0. The fourth-order valence-corrected chi connectivity index (χ4v) is 1.26. The minimum Gasteiger partial charge on any atom is -0.504 e. The Hall–Kier alpha value is -1.75. The minimum absolute atomic E-state index is 0.00456. The number of esters is 1. The Morgan fingerprint density at radius 1 is 1.29 bits per heavy atom. The van der Waals surface area contributed by atoms with Gasteiger partial charge in [-0.1, -0.05) is 0 Å². The number of phenols is 1. The number of rotatable bonds is 6. The zero-order valence-electron chi connectivity index (χ0n) is 9.93. The van der Waals surface area contributed by atoms with Crippen LogP contribution in [0.15, 0.2) is 18.2 Å². The van der Waals surface area contributed by atoms with Crippen molar-refractivity contribution in [3.8, 4) is 11.5 Å². The zero-order valence-corrected chi connectivity index (χ0v) is 9.93. The number of aromatic hydroxyl groups is 1. The van der Waals surface area contributed by atoms with Crippen LogP contribution < -0.4 is 4.74 Å². The number of benzene rings is 1. The molecule has 0 aliphatic rings. The Morgan fingerprint density at radius 2 is 2.06 bits per heavy atom. The van der Waals surface area contributed by atoms with E-state index < -0.39 is 5.97 Å². The van der Waals surface area contributed by atoms with Gasteiger partial charge in [0.1, 0.15) is 0 Å². The summed E-state index contributed by atoms with van der Waals surface area (Å²) in [7, 11) is 2.91. The fourth-order valence-electron chi connectivity index (χ4n) is 1.26. The van der Waals surface area contributed by atoms with E-state index >= 15 is 0 Å². The Bertz CT molecular complexity index is 375. The van der Waals surface area contributed by atoms with Crippen molar-refractivity contribution in [1.82, 2.24) is 0 Å². The minimum atomic E-state index is -0.466. The molecule has 1 rings (SSSR count). The van der Waals surface area contributed by atoms with Gasteiger partial charge in [0, 0.05) is 20.1 Å². The summed E-state index contributed by atoms with van der Waals surface area (Å²) < 4.78 is 14.8. The molecule has 1 aromatic rings. The molecule has 0 amide bonds. The molecule has 0 fully saturated rings. The van der Waals surface area contributed by atoms with E-state index in [-0.39, 0.29) is 11.5 Å². The summed E-state index contributed by atoms with van der Waals surface area (Å²) in [6.45, 7) is 0.990. The third-order valence-electron chi connectivity index (χ3n) is 2.13. The van der Waals surface area contributed by atoms with Crippen LogP contribution in [0.4, 0.5) is 0 Å². The monoisotopic (exact) mass is 240 g/mol. The highest BCUT2D eigenvalue weighted by Gasteiger charge is 2.10. The Labute approximate surface area is 99.9 Å². The van der Waals surface area contributed by atoms with Crippen LogP contribution in [0.1, 0.15) is 16.8 Å². The van der Waals surface area contributed by atoms with Crippen molar-refractivity contribution in [2.24, 2.45) is 0 Å². The average Bonchev–Trinajstić information content (AvgIpc) is 2.35. The molecule has 5 nitrogen and oxygen atoms in total. The van der Waals surface area contributed by atoms with Gasteiger partial charge in [0.25, 0.3) is 0 Å². The van der Waals surface area contributed by atoms with Crippen LogP contribution in [0, 0.1) is 0 Å². The van der Waals surface area contributed by atoms with Gasteiger partial charge in [-0.25, -0.2) is 4.79 Å². The van der Waals surface area contributed by atoms with Crippen molar-refractivity contribution in [3.05, 3.63) is 23.8 Å². The van der Waals surface area contributed by atoms with Crippen LogP contribution >= 0.6 is 0 Å². The van der Waals surface area contributed by atoms with Gasteiger partial charge in [-0.3, -0.25) is 0 Å². The van der Waals surface area contributed by atoms with E-state index in [1.807, 2.05) is 0 Å². The molecule has 1 aromatic carbocycles. The quantitative estimate of drug-likeness (QED) is 0.604. The summed E-state index contributed by atoms with van der Waals surface area (Å²) in [6, 6.07) is 4.33. The molecule has 1 N–H and O–H groups in total. The maximum absolute atomic E-state index is 11.3. The van der Waals surface area contributed by atoms with Gasteiger partial charge >= 0.3 is 5.97 Å². The number of hydrogen-bond acceptors (Lipinski definition) is 5. The van der Waals surface area contributed by atoms with E-state index in [1.54, 1.807) is 7.11 Å². The largest absolute Gasteiger partial charge is 0.504 e. The molecule has 0 aromatic heterocycles. The molecule has 94 valence electrons. The van der Waals surface area contributed by atoms with Crippen molar-refractivity contribution >= 4 is 5.97 Å². The molecule has 17 heavy (non-hydrogen) atoms. The Balaban J connectivity index is 2.66. The lowest BCUT2D eigenvalue weighted by Gasteiger charge is -2.09. The van der Waals surface area contributed by atoms with Gasteiger partial charge < -0.3 is 19.3 Å². The number of methoxy groups -OCH3 is 2. The second kappa shape index (κ2) is 6.75. The van der Waals surface area contributed by atoms with Crippen molar-refractivity contribution in [2.75, 3.05) is 27.4 Å². The van der Waals surface area contributed by atoms with E-state index in [1.165, 1.54) is 25.3 Å². The van der Waals surface area contributed by atoms with Crippen LogP contribution in [-0.4, -0.2) is 38.5 Å². The number of hydrogen-bond donors (Lipinski definition) is 1. The third-order valence-corrected chi connectivity index (χ3v) is 2.13. The van der Waals surface area contributed by atoms with Gasteiger partial charge in [-0.05, 0) is 18.2 Å². The van der Waals surface area contributed by atoms with Crippen LogP contribution in [0.25, 0.3) is 0 Å². The number of carbonyl (C=O) groups excluding carboxylic acids is 1. The lowest BCUT2D eigenvalue weighted by molar-refractivity contribution is 0.0600. The summed E-state index contributed by atoms with van der Waals surface area (Å²) >= 11 is 0. The third kappa shape index (κ3) is 3.96. The first-order valence-electron chi connectivity index (χ1n) is 5.22. The zero-order chi connectivity index (χ0) is 12.7. The molecular formula is C12H16O5. The highest BCUT2D eigenvalue weighted by Crippen LogP contribution is 2.27. The van der Waals surface area contributed by atoms with Crippen LogP contribution in [0.5, 0.6) is 11.5 Å². The van der Waals surface area contributed by atoms with Crippen molar-refractivity contribution in [2.45, 2.75) is 6.42 Å². The second-order valence-corrected chi connectivity index (χ2v) is 3.37. The van der Waals surface area contributed by atoms with E-state index in [0.29, 0.717) is 25.2 Å². The van der Waals surface area contributed by atoms with Gasteiger partial charge in [0.05, 0.1) is 19.3 Å². The SMILES string of the molecule is COCCCOc1cc(C(=O)OC)ccc1O. The molecule has 0 heterocycles. The first-order chi connectivity index (χ1) is 8.19. The van der Waals surface area contributed by atoms with E-state index in [4.69, 9.17) is 9.47 Å². The van der Waals surface area contributed by atoms with Crippen LogP contribution in [0.3, 0.4) is 0 Å². The maximum atomic E-state index is 11.3. The van der Waals surface area contributed by atoms with E-state index in [2.05, 4.69) is 4.74 Å². The van der Waals surface area contributed by atoms with E-state index in [9.17, 15) is 9.90 Å². The van der Waals surface area contributed by atoms with Crippen LogP contribution in [0.2, 0.25) is 0 Å². The van der Waals surface area contributed by atoms with Gasteiger partial charge in [-0.2, -0.15) is 0 Å². The summed E-state index contributed by atoms with van der Waals surface area (Å²) in [4.78, 5) is 11.3. The smallest absolute Gasteiger partial charge is 0.337 e. The molecule has 0 saturated carbocycles. The average molecular weight is 240 g/mol. The van der Waals surface area contributed by atoms with Crippen molar-refractivity contribution in [1.29, 1.82) is 0 Å². The number of phenolic OH excluding ortho intramolecular Hbond substituents is 1. The van der Waals surface area contributed by atoms with E-state index in [0.717, 1.165) is 0 Å². The van der Waals surface area contributed by atoms with Gasteiger partial charge in [0.2, 0.25) is 0 Å². The highest BCUT2D eigenvalue weighted by atomic mass is 16.5. The van der Waals surface area contributed by atoms with Crippen molar-refractivity contribution < 1.29 is 24.1 Å². The van der Waals surface area contributed by atoms with Crippen LogP contribution in [-0.2, 0) is 9.47 Å². The molecule has 0 spiro atoms. The Morgan fingerprint density at radius 3 is 2.71 bits per heavy atom. The van der Waals surface area contributed by atoms with Gasteiger partial charge in [-0.15, -0.1) is 0 Å². The Kier molecular flexibility index (Phi) is 5.29. The molecule has 0 saturated heterocycles. The summed E-state index contributed by atoms with van der Waals surface area (Å²) in [5.74, 6) is -0.203. The topological polar surface area (TPSA) is 65.0 Å². The summed E-state index contributed by atoms with van der Waals surface area (Å²) in [6.07, 6.45) is 0.707. The van der Waals surface area contributed by atoms with Gasteiger partial charge in [0.15, 0.2) is 11.5 Å². The first kappa shape index (κ1) is 13.3. The summed E-state index contributed by atoms with van der Waals surface area (Å²) in [5.41, 5.74) is 0.340. The fraction of sp³-hybridized carbons (Fsp3) is 0.417. The molecule has 0 aliphatic heterocycles.